The van der Waals surface area contributed by atoms with Gasteiger partial charge in [0.1, 0.15) is 0 Å². The van der Waals surface area contributed by atoms with Gasteiger partial charge in [-0.05, 0) is 63.0 Å². The number of rotatable bonds is 6. The fourth-order valence-electron chi connectivity index (χ4n) is 2.26. The molecule has 0 bridgehead atoms. The second-order valence-corrected chi connectivity index (χ2v) is 4.50. The molecule has 0 aromatic heterocycles. The van der Waals surface area contributed by atoms with Gasteiger partial charge in [0.2, 0.25) is 0 Å². The Kier molecular flexibility index (Phi) is 5.54. The Morgan fingerprint density at radius 1 is 1.00 bits per heavy atom. The topological polar surface area (TPSA) is 3.24 Å². The van der Waals surface area contributed by atoms with Gasteiger partial charge in [-0.2, -0.15) is 0 Å². The van der Waals surface area contributed by atoms with Crippen molar-refractivity contribution in [2.75, 3.05) is 19.6 Å². The van der Waals surface area contributed by atoms with Crippen LogP contribution in [-0.2, 0) is 6.42 Å². The second kappa shape index (κ2) is 6.70. The van der Waals surface area contributed by atoms with E-state index in [1.165, 1.54) is 43.6 Å². The Morgan fingerprint density at radius 2 is 1.56 bits per heavy atom. The molecule has 1 aromatic rings. The lowest BCUT2D eigenvalue weighted by molar-refractivity contribution is 0.300. The van der Waals surface area contributed by atoms with Crippen LogP contribution in [0.4, 0.5) is 0 Å². The van der Waals surface area contributed by atoms with Crippen molar-refractivity contribution < 1.29 is 0 Å². The third-order valence-corrected chi connectivity index (χ3v) is 3.44. The maximum Gasteiger partial charge on any atom is -0.00158 e. The zero-order chi connectivity index (χ0) is 12.0. The highest BCUT2D eigenvalue weighted by atomic mass is 15.1. The van der Waals surface area contributed by atoms with Crippen molar-refractivity contribution in [2.45, 2.75) is 40.5 Å². The number of nitrogens with zero attached hydrogens (tertiary/aromatic N) is 1. The lowest BCUT2D eigenvalue weighted by atomic mass is 9.98. The molecule has 1 aromatic carbocycles. The Hall–Kier alpha value is -0.820. The molecule has 0 spiro atoms. The van der Waals surface area contributed by atoms with Crippen LogP contribution in [-0.4, -0.2) is 24.5 Å². The smallest absolute Gasteiger partial charge is 0.00158 e. The van der Waals surface area contributed by atoms with E-state index in [4.69, 9.17) is 0 Å². The molecule has 16 heavy (non-hydrogen) atoms. The van der Waals surface area contributed by atoms with Crippen molar-refractivity contribution in [1.82, 2.24) is 4.90 Å². The van der Waals surface area contributed by atoms with Gasteiger partial charge in [0.25, 0.3) is 0 Å². The summed E-state index contributed by atoms with van der Waals surface area (Å²) in [6.07, 6.45) is 2.49. The lowest BCUT2D eigenvalue weighted by Gasteiger charge is -2.18. The van der Waals surface area contributed by atoms with E-state index in [2.05, 4.69) is 50.8 Å². The first-order valence-corrected chi connectivity index (χ1v) is 6.46. The summed E-state index contributed by atoms with van der Waals surface area (Å²) >= 11 is 0. The summed E-state index contributed by atoms with van der Waals surface area (Å²) in [6, 6.07) is 6.60. The molecule has 0 heterocycles. The molecule has 1 heteroatoms. The van der Waals surface area contributed by atoms with Crippen molar-refractivity contribution in [3.05, 3.63) is 34.9 Å². The van der Waals surface area contributed by atoms with Crippen LogP contribution in [0.3, 0.4) is 0 Å². The predicted molar refractivity (Wildman–Crippen MR) is 72.0 cm³/mol. The molecule has 0 saturated carbocycles. The summed E-state index contributed by atoms with van der Waals surface area (Å²) in [4.78, 5) is 2.49. The Morgan fingerprint density at radius 3 is 2.06 bits per heavy atom. The van der Waals surface area contributed by atoms with Crippen molar-refractivity contribution in [3.63, 3.8) is 0 Å². The molecular weight excluding hydrogens is 194 g/mol. The zero-order valence-electron chi connectivity index (χ0n) is 11.2. The zero-order valence-corrected chi connectivity index (χ0v) is 11.2. The van der Waals surface area contributed by atoms with E-state index in [9.17, 15) is 0 Å². The van der Waals surface area contributed by atoms with E-state index in [0.29, 0.717) is 0 Å². The Bertz CT molecular complexity index is 293. The minimum atomic E-state index is 1.17. The van der Waals surface area contributed by atoms with E-state index >= 15 is 0 Å². The highest BCUT2D eigenvalue weighted by Crippen LogP contribution is 2.15. The summed E-state index contributed by atoms with van der Waals surface area (Å²) in [5.41, 5.74) is 4.44. The van der Waals surface area contributed by atoms with Crippen molar-refractivity contribution in [2.24, 2.45) is 0 Å². The molecule has 0 fully saturated rings. The minimum absolute atomic E-state index is 1.17. The third-order valence-electron chi connectivity index (χ3n) is 3.44. The van der Waals surface area contributed by atoms with Crippen LogP contribution >= 0.6 is 0 Å². The SMILES string of the molecule is CCN(CC)CCCc1c(C)cccc1C. The maximum atomic E-state index is 2.49. The average molecular weight is 219 g/mol. The molecule has 1 rings (SSSR count). The van der Waals surface area contributed by atoms with Crippen LogP contribution in [0.15, 0.2) is 18.2 Å². The molecule has 0 aliphatic carbocycles. The molecule has 0 radical (unpaired) electrons. The largest absolute Gasteiger partial charge is 0.304 e. The fraction of sp³-hybridized carbons (Fsp3) is 0.600. The average Bonchev–Trinajstić information content (AvgIpc) is 2.28. The monoisotopic (exact) mass is 219 g/mol. The summed E-state index contributed by atoms with van der Waals surface area (Å²) in [5.74, 6) is 0. The van der Waals surface area contributed by atoms with Gasteiger partial charge in [0, 0.05) is 0 Å². The summed E-state index contributed by atoms with van der Waals surface area (Å²) in [7, 11) is 0. The first kappa shape index (κ1) is 13.2. The molecule has 0 atom stereocenters. The summed E-state index contributed by atoms with van der Waals surface area (Å²) in [6.45, 7) is 12.5. The third kappa shape index (κ3) is 3.64. The summed E-state index contributed by atoms with van der Waals surface area (Å²) in [5, 5.41) is 0. The van der Waals surface area contributed by atoms with E-state index < -0.39 is 0 Å². The van der Waals surface area contributed by atoms with Gasteiger partial charge in [-0.25, -0.2) is 0 Å². The molecule has 0 N–H and O–H groups in total. The van der Waals surface area contributed by atoms with Crippen molar-refractivity contribution in [1.29, 1.82) is 0 Å². The first-order chi connectivity index (χ1) is 7.69. The van der Waals surface area contributed by atoms with Crippen LogP contribution in [0.5, 0.6) is 0 Å². The molecule has 0 aliphatic rings. The van der Waals surface area contributed by atoms with Crippen molar-refractivity contribution in [3.8, 4) is 0 Å². The summed E-state index contributed by atoms with van der Waals surface area (Å²) < 4.78 is 0. The number of aryl methyl sites for hydroxylation is 2. The van der Waals surface area contributed by atoms with Crippen LogP contribution in [0, 0.1) is 13.8 Å². The molecule has 0 unspecified atom stereocenters. The highest BCUT2D eigenvalue weighted by Gasteiger charge is 2.03. The molecule has 0 aliphatic heterocycles. The number of hydrogen-bond donors (Lipinski definition) is 0. The quantitative estimate of drug-likeness (QED) is 0.707. The number of hydrogen-bond acceptors (Lipinski definition) is 1. The molecule has 0 saturated heterocycles. The van der Waals surface area contributed by atoms with E-state index in [1.54, 1.807) is 5.56 Å². The normalized spacial score (nSPS) is 11.1. The van der Waals surface area contributed by atoms with Gasteiger partial charge in [-0.15, -0.1) is 0 Å². The van der Waals surface area contributed by atoms with Crippen LogP contribution in [0.25, 0.3) is 0 Å². The minimum Gasteiger partial charge on any atom is -0.304 e. The van der Waals surface area contributed by atoms with E-state index in [-0.39, 0.29) is 0 Å². The van der Waals surface area contributed by atoms with Gasteiger partial charge in [0.15, 0.2) is 0 Å². The Labute approximate surface area is 100 Å². The van der Waals surface area contributed by atoms with Gasteiger partial charge in [-0.1, -0.05) is 32.0 Å². The van der Waals surface area contributed by atoms with Gasteiger partial charge in [0.05, 0.1) is 0 Å². The fourth-order valence-corrected chi connectivity index (χ4v) is 2.26. The molecule has 0 amide bonds. The highest BCUT2D eigenvalue weighted by molar-refractivity contribution is 5.33. The first-order valence-electron chi connectivity index (χ1n) is 6.46. The predicted octanol–water partition coefficient (Wildman–Crippen LogP) is 3.58. The van der Waals surface area contributed by atoms with Crippen LogP contribution in [0.2, 0.25) is 0 Å². The van der Waals surface area contributed by atoms with Crippen LogP contribution < -0.4 is 0 Å². The van der Waals surface area contributed by atoms with Gasteiger partial charge < -0.3 is 4.90 Å². The Balaban J connectivity index is 2.48. The molecular formula is C15H25N. The van der Waals surface area contributed by atoms with Crippen molar-refractivity contribution >= 4 is 0 Å². The molecule has 90 valence electrons. The van der Waals surface area contributed by atoms with Crippen LogP contribution in [0.1, 0.15) is 37.0 Å². The standard InChI is InChI=1S/C15H25N/c1-5-16(6-2)12-8-11-15-13(3)9-7-10-14(15)4/h7,9-10H,5-6,8,11-12H2,1-4H3. The number of benzene rings is 1. The van der Waals surface area contributed by atoms with Gasteiger partial charge >= 0.3 is 0 Å². The van der Waals surface area contributed by atoms with E-state index in [0.717, 1.165) is 0 Å². The maximum absolute atomic E-state index is 2.49. The molecule has 1 nitrogen and oxygen atoms in total. The lowest BCUT2D eigenvalue weighted by Crippen LogP contribution is -2.24. The van der Waals surface area contributed by atoms with Gasteiger partial charge in [-0.3, -0.25) is 0 Å². The second-order valence-electron chi connectivity index (χ2n) is 4.50. The van der Waals surface area contributed by atoms with E-state index in [1.807, 2.05) is 0 Å².